The third kappa shape index (κ3) is 2.89. The van der Waals surface area contributed by atoms with Crippen LogP contribution in [0.3, 0.4) is 0 Å². The smallest absolute Gasteiger partial charge is 0.432 e. The lowest BCUT2D eigenvalue weighted by atomic mass is 10.2. The van der Waals surface area contributed by atoms with E-state index in [4.69, 9.17) is 9.84 Å². The molecule has 0 amide bonds. The number of rotatable bonds is 4. The summed E-state index contributed by atoms with van der Waals surface area (Å²) in [6.07, 6.45) is 0.344. The van der Waals surface area contributed by atoms with Gasteiger partial charge < -0.3 is 9.84 Å². The number of aromatic nitrogens is 3. The van der Waals surface area contributed by atoms with Gasteiger partial charge in [0.1, 0.15) is 11.3 Å². The first-order valence-corrected chi connectivity index (χ1v) is 7.50. The Bertz CT molecular complexity index is 815. The fourth-order valence-corrected chi connectivity index (χ4v) is 2.84. The number of carboxylic acid groups (broad SMARTS) is 1. The van der Waals surface area contributed by atoms with E-state index >= 15 is 0 Å². The van der Waals surface area contributed by atoms with Crippen LogP contribution in [0.15, 0.2) is 47.6 Å². The number of thioether (sulfide) groups is 1. The van der Waals surface area contributed by atoms with E-state index in [2.05, 4.69) is 10.1 Å². The molecule has 0 saturated carbocycles. The fraction of sp³-hybridized carbons (Fsp3) is 0.133. The Hall–Kier alpha value is -2.54. The van der Waals surface area contributed by atoms with Gasteiger partial charge in [0.15, 0.2) is 0 Å². The molecule has 0 atom stereocenters. The number of nitrogens with zero attached hydrogens (tertiary/aromatic N) is 3. The minimum atomic E-state index is -1.12. The Morgan fingerprint density at radius 3 is 2.73 bits per heavy atom. The lowest BCUT2D eigenvalue weighted by molar-refractivity contribution is 0.194. The maximum Gasteiger partial charge on any atom is 0.432 e. The number of hydrogen-bond acceptors (Lipinski definition) is 5. The van der Waals surface area contributed by atoms with Gasteiger partial charge in [-0.2, -0.15) is 9.78 Å². The van der Waals surface area contributed by atoms with Crippen molar-refractivity contribution < 1.29 is 14.6 Å². The summed E-state index contributed by atoms with van der Waals surface area (Å²) in [6, 6.07) is 11.4. The van der Waals surface area contributed by atoms with Gasteiger partial charge in [-0.3, -0.25) is 0 Å². The van der Waals surface area contributed by atoms with Crippen LogP contribution in [-0.2, 0) is 5.75 Å². The van der Waals surface area contributed by atoms with Gasteiger partial charge >= 0.3 is 6.09 Å². The van der Waals surface area contributed by atoms with Gasteiger partial charge in [-0.25, -0.2) is 9.78 Å². The first-order valence-electron chi connectivity index (χ1n) is 6.51. The van der Waals surface area contributed by atoms with Crippen molar-refractivity contribution in [1.82, 2.24) is 14.8 Å². The first-order chi connectivity index (χ1) is 10.7. The maximum atomic E-state index is 11.0. The van der Waals surface area contributed by atoms with Crippen molar-refractivity contribution in [2.45, 2.75) is 10.8 Å². The molecule has 7 heteroatoms. The Balaban J connectivity index is 1.75. The zero-order valence-corrected chi connectivity index (χ0v) is 12.6. The monoisotopic (exact) mass is 315 g/mol. The maximum absolute atomic E-state index is 11.0. The molecule has 6 nitrogen and oxygen atoms in total. The van der Waals surface area contributed by atoms with Crippen LogP contribution in [0, 0.1) is 0 Å². The van der Waals surface area contributed by atoms with Gasteiger partial charge in [0.25, 0.3) is 0 Å². The highest BCUT2D eigenvalue weighted by Gasteiger charge is 2.10. The number of benzene rings is 1. The molecular weight excluding hydrogens is 302 g/mol. The molecule has 0 fully saturated rings. The molecule has 0 aliphatic carbocycles. The predicted octanol–water partition coefficient (Wildman–Crippen LogP) is 3.26. The second-order valence-corrected chi connectivity index (χ2v) is 5.53. The molecule has 3 aromatic rings. The van der Waals surface area contributed by atoms with Gasteiger partial charge in [-0.1, -0.05) is 12.1 Å². The summed E-state index contributed by atoms with van der Waals surface area (Å²) in [5.74, 6) is 1.60. The summed E-state index contributed by atoms with van der Waals surface area (Å²) in [6.45, 7) is 0. The van der Waals surface area contributed by atoms with E-state index in [0.29, 0.717) is 11.0 Å². The molecular formula is C15H13N3O3S. The fourth-order valence-electron chi connectivity index (χ4n) is 2.01. The third-order valence-corrected chi connectivity index (χ3v) is 4.13. The van der Waals surface area contributed by atoms with Crippen LogP contribution in [0.4, 0.5) is 4.79 Å². The molecule has 0 spiro atoms. The highest BCUT2D eigenvalue weighted by molar-refractivity contribution is 7.98. The Kier molecular flexibility index (Phi) is 3.97. The average Bonchev–Trinajstić information content (AvgIpc) is 2.96. The van der Waals surface area contributed by atoms with E-state index in [1.165, 1.54) is 6.20 Å². The van der Waals surface area contributed by atoms with E-state index in [1.54, 1.807) is 31.0 Å². The van der Waals surface area contributed by atoms with Crippen molar-refractivity contribution in [3.05, 3.63) is 48.2 Å². The van der Waals surface area contributed by atoms with Crippen molar-refractivity contribution in [3.63, 3.8) is 0 Å². The molecule has 0 saturated heterocycles. The minimum absolute atomic E-state index is 0.487. The summed E-state index contributed by atoms with van der Waals surface area (Å²) < 4.78 is 6.04. The number of fused-ring (bicyclic) bond motifs is 1. The number of methoxy groups -OCH3 is 1. The van der Waals surface area contributed by atoms with Crippen molar-refractivity contribution >= 4 is 28.9 Å². The SMILES string of the molecule is COc1ccc(CSc2ccc3c(cnn3C(=O)O)n2)cc1. The first kappa shape index (κ1) is 14.4. The number of hydrogen-bond donors (Lipinski definition) is 1. The summed E-state index contributed by atoms with van der Waals surface area (Å²) in [5.41, 5.74) is 2.22. The van der Waals surface area contributed by atoms with E-state index in [0.717, 1.165) is 26.8 Å². The highest BCUT2D eigenvalue weighted by Crippen LogP contribution is 2.24. The van der Waals surface area contributed by atoms with Crippen LogP contribution in [0.1, 0.15) is 5.56 Å². The topological polar surface area (TPSA) is 77.2 Å². The van der Waals surface area contributed by atoms with Crippen molar-refractivity contribution in [2.24, 2.45) is 0 Å². The Labute approximate surface area is 130 Å². The van der Waals surface area contributed by atoms with Crippen LogP contribution in [0.2, 0.25) is 0 Å². The molecule has 22 heavy (non-hydrogen) atoms. The average molecular weight is 315 g/mol. The molecule has 0 aliphatic heterocycles. The van der Waals surface area contributed by atoms with E-state index in [1.807, 2.05) is 24.3 Å². The van der Waals surface area contributed by atoms with Crippen molar-refractivity contribution in [2.75, 3.05) is 7.11 Å². The Morgan fingerprint density at radius 1 is 1.27 bits per heavy atom. The van der Waals surface area contributed by atoms with Gasteiger partial charge in [-0.15, -0.1) is 11.8 Å². The molecule has 0 aliphatic rings. The molecule has 0 unspecified atom stereocenters. The largest absolute Gasteiger partial charge is 0.497 e. The van der Waals surface area contributed by atoms with Gasteiger partial charge in [0.2, 0.25) is 0 Å². The van der Waals surface area contributed by atoms with Crippen LogP contribution in [0.5, 0.6) is 5.75 Å². The van der Waals surface area contributed by atoms with Crippen LogP contribution in [0.25, 0.3) is 11.0 Å². The molecule has 112 valence electrons. The number of pyridine rings is 1. The van der Waals surface area contributed by atoms with Gasteiger partial charge in [0, 0.05) is 5.75 Å². The molecule has 2 heterocycles. The summed E-state index contributed by atoms with van der Waals surface area (Å²) >= 11 is 1.58. The van der Waals surface area contributed by atoms with Crippen molar-refractivity contribution in [3.8, 4) is 5.75 Å². The molecule has 3 rings (SSSR count). The van der Waals surface area contributed by atoms with Crippen molar-refractivity contribution in [1.29, 1.82) is 0 Å². The van der Waals surface area contributed by atoms with Crippen LogP contribution in [-0.4, -0.2) is 33.1 Å². The second kappa shape index (κ2) is 6.07. The zero-order valence-electron chi connectivity index (χ0n) is 11.8. The Morgan fingerprint density at radius 2 is 2.05 bits per heavy atom. The summed E-state index contributed by atoms with van der Waals surface area (Å²) in [4.78, 5) is 15.4. The number of ether oxygens (including phenoxy) is 1. The number of carbonyl (C=O) groups is 1. The molecule has 0 bridgehead atoms. The molecule has 2 aromatic heterocycles. The molecule has 1 aromatic carbocycles. The lowest BCUT2D eigenvalue weighted by Crippen LogP contribution is -2.08. The minimum Gasteiger partial charge on any atom is -0.497 e. The van der Waals surface area contributed by atoms with E-state index in [-0.39, 0.29) is 0 Å². The van der Waals surface area contributed by atoms with Gasteiger partial charge in [-0.05, 0) is 29.8 Å². The zero-order chi connectivity index (χ0) is 15.5. The molecule has 1 N–H and O–H groups in total. The standard InChI is InChI=1S/C15H13N3O3S/c1-21-11-4-2-10(3-5-11)9-22-14-7-6-13-12(17-14)8-16-18(13)15(19)20/h2-8H,9H2,1H3,(H,19,20). The van der Waals surface area contributed by atoms with E-state index in [9.17, 15) is 4.79 Å². The van der Waals surface area contributed by atoms with Gasteiger partial charge in [0.05, 0.1) is 23.8 Å². The second-order valence-electron chi connectivity index (χ2n) is 4.53. The normalized spacial score (nSPS) is 10.8. The lowest BCUT2D eigenvalue weighted by Gasteiger charge is -2.04. The summed E-state index contributed by atoms with van der Waals surface area (Å²) in [7, 11) is 1.64. The predicted molar refractivity (Wildman–Crippen MR) is 83.5 cm³/mol. The molecule has 0 radical (unpaired) electrons. The van der Waals surface area contributed by atoms with Crippen LogP contribution < -0.4 is 4.74 Å². The highest BCUT2D eigenvalue weighted by atomic mass is 32.2. The quantitative estimate of drug-likeness (QED) is 0.745. The summed E-state index contributed by atoms with van der Waals surface area (Å²) in [5, 5.41) is 13.6. The van der Waals surface area contributed by atoms with Crippen LogP contribution >= 0.6 is 11.8 Å². The third-order valence-electron chi connectivity index (χ3n) is 3.13. The van der Waals surface area contributed by atoms with E-state index < -0.39 is 6.09 Å².